The van der Waals surface area contributed by atoms with Gasteiger partial charge in [-0.1, -0.05) is 12.1 Å². The highest BCUT2D eigenvalue weighted by molar-refractivity contribution is 5.75. The third-order valence-electron chi connectivity index (χ3n) is 3.57. The Balaban J connectivity index is 1.88. The minimum atomic E-state index is -0.909. The van der Waals surface area contributed by atoms with Gasteiger partial charge in [-0.25, -0.2) is 9.18 Å². The van der Waals surface area contributed by atoms with E-state index < -0.39 is 5.97 Å². The summed E-state index contributed by atoms with van der Waals surface area (Å²) >= 11 is 0. The van der Waals surface area contributed by atoms with E-state index in [0.29, 0.717) is 6.54 Å². The van der Waals surface area contributed by atoms with E-state index in [9.17, 15) is 14.0 Å². The summed E-state index contributed by atoms with van der Waals surface area (Å²) < 4.78 is 12.8. The van der Waals surface area contributed by atoms with Crippen LogP contribution in [0.4, 0.5) is 9.18 Å². The molecule has 1 unspecified atom stereocenters. The minimum Gasteiger partial charge on any atom is -0.481 e. The van der Waals surface area contributed by atoms with Gasteiger partial charge in [0.25, 0.3) is 0 Å². The van der Waals surface area contributed by atoms with Crippen molar-refractivity contribution in [2.75, 3.05) is 7.05 Å². The van der Waals surface area contributed by atoms with E-state index in [2.05, 4.69) is 5.32 Å². The maximum absolute atomic E-state index is 12.8. The van der Waals surface area contributed by atoms with E-state index in [0.717, 1.165) is 18.4 Å². The first-order valence-corrected chi connectivity index (χ1v) is 6.93. The number of carbonyl (C=O) groups is 2. The fourth-order valence-corrected chi connectivity index (χ4v) is 2.23. The van der Waals surface area contributed by atoms with Crippen molar-refractivity contribution in [2.45, 2.75) is 31.8 Å². The van der Waals surface area contributed by atoms with Gasteiger partial charge in [0.15, 0.2) is 0 Å². The Morgan fingerprint density at radius 3 is 2.52 bits per heavy atom. The highest BCUT2D eigenvalue weighted by atomic mass is 19.1. The number of urea groups is 1. The molecule has 5 nitrogen and oxygen atoms in total. The SMILES string of the molecule is CN(Cc1ccc(F)cc1)C(=O)NC(CC(=O)O)C1CC1. The Bertz CT molecular complexity index is 514. The van der Waals surface area contributed by atoms with Gasteiger partial charge in [-0.3, -0.25) is 4.79 Å². The summed E-state index contributed by atoms with van der Waals surface area (Å²) in [4.78, 5) is 24.4. The van der Waals surface area contributed by atoms with Crippen LogP contribution in [0.25, 0.3) is 0 Å². The first-order valence-electron chi connectivity index (χ1n) is 6.93. The zero-order valence-corrected chi connectivity index (χ0v) is 11.9. The topological polar surface area (TPSA) is 69.6 Å². The summed E-state index contributed by atoms with van der Waals surface area (Å²) in [5.41, 5.74) is 0.815. The first-order chi connectivity index (χ1) is 9.95. The molecule has 0 radical (unpaired) electrons. The molecule has 1 aromatic rings. The van der Waals surface area contributed by atoms with E-state index >= 15 is 0 Å². The van der Waals surface area contributed by atoms with Gasteiger partial charge in [0.2, 0.25) is 0 Å². The van der Waals surface area contributed by atoms with Gasteiger partial charge in [-0.15, -0.1) is 0 Å². The number of amides is 2. The third-order valence-corrected chi connectivity index (χ3v) is 3.57. The van der Waals surface area contributed by atoms with Gasteiger partial charge in [-0.2, -0.15) is 0 Å². The quantitative estimate of drug-likeness (QED) is 0.845. The van der Waals surface area contributed by atoms with Crippen LogP contribution in [0.3, 0.4) is 0 Å². The summed E-state index contributed by atoms with van der Waals surface area (Å²) in [5.74, 6) is -0.959. The fraction of sp³-hybridized carbons (Fsp3) is 0.467. The summed E-state index contributed by atoms with van der Waals surface area (Å²) in [6.45, 7) is 0.344. The molecule has 0 saturated heterocycles. The second kappa shape index (κ2) is 6.56. The number of aliphatic carboxylic acids is 1. The average molecular weight is 294 g/mol. The number of halogens is 1. The zero-order chi connectivity index (χ0) is 15.4. The van der Waals surface area contributed by atoms with E-state index in [1.54, 1.807) is 19.2 Å². The van der Waals surface area contributed by atoms with Crippen LogP contribution in [0.5, 0.6) is 0 Å². The van der Waals surface area contributed by atoms with Crippen molar-refractivity contribution in [3.8, 4) is 0 Å². The summed E-state index contributed by atoms with van der Waals surface area (Å²) in [6, 6.07) is 5.31. The Labute approximate surface area is 122 Å². The number of nitrogens with one attached hydrogen (secondary N) is 1. The molecule has 114 valence electrons. The monoisotopic (exact) mass is 294 g/mol. The number of carboxylic acid groups (broad SMARTS) is 1. The minimum absolute atomic E-state index is 0.0548. The van der Waals surface area contributed by atoms with E-state index in [4.69, 9.17) is 5.11 Å². The molecule has 1 fully saturated rings. The summed E-state index contributed by atoms with van der Waals surface area (Å²) in [7, 11) is 1.63. The van der Waals surface area contributed by atoms with Gasteiger partial charge in [0.1, 0.15) is 5.82 Å². The molecular weight excluding hydrogens is 275 g/mol. The molecule has 1 aliphatic carbocycles. The Morgan fingerprint density at radius 1 is 1.38 bits per heavy atom. The number of hydrogen-bond acceptors (Lipinski definition) is 2. The molecule has 2 N–H and O–H groups in total. The molecule has 0 aliphatic heterocycles. The van der Waals surface area contributed by atoms with Crippen molar-refractivity contribution in [1.82, 2.24) is 10.2 Å². The average Bonchev–Trinajstić information content (AvgIpc) is 3.24. The molecule has 1 saturated carbocycles. The molecule has 6 heteroatoms. The molecule has 0 heterocycles. The standard InChI is InChI=1S/C15H19FN2O3/c1-18(9-10-2-6-12(16)7-3-10)15(21)17-13(8-14(19)20)11-4-5-11/h2-3,6-7,11,13H,4-5,8-9H2,1H3,(H,17,21)(H,19,20). The second-order valence-corrected chi connectivity index (χ2v) is 5.47. The van der Waals surface area contributed by atoms with Crippen molar-refractivity contribution < 1.29 is 19.1 Å². The lowest BCUT2D eigenvalue weighted by Gasteiger charge is -2.22. The number of benzene rings is 1. The second-order valence-electron chi connectivity index (χ2n) is 5.47. The number of carbonyl (C=O) groups excluding carboxylic acids is 1. The highest BCUT2D eigenvalue weighted by Crippen LogP contribution is 2.34. The number of nitrogens with zero attached hydrogens (tertiary/aromatic N) is 1. The predicted molar refractivity (Wildman–Crippen MR) is 75.2 cm³/mol. The lowest BCUT2D eigenvalue weighted by atomic mass is 10.1. The van der Waals surface area contributed by atoms with Crippen LogP contribution in [0.1, 0.15) is 24.8 Å². The summed E-state index contributed by atoms with van der Waals surface area (Å²) in [5, 5.41) is 11.6. The lowest BCUT2D eigenvalue weighted by molar-refractivity contribution is -0.137. The van der Waals surface area contributed by atoms with Crippen LogP contribution in [-0.4, -0.2) is 35.1 Å². The van der Waals surface area contributed by atoms with E-state index in [1.807, 2.05) is 0 Å². The highest BCUT2D eigenvalue weighted by Gasteiger charge is 2.34. The Morgan fingerprint density at radius 2 is 2.00 bits per heavy atom. The molecule has 0 aromatic heterocycles. The number of hydrogen-bond donors (Lipinski definition) is 2. The fourth-order valence-electron chi connectivity index (χ4n) is 2.23. The zero-order valence-electron chi connectivity index (χ0n) is 11.9. The molecule has 0 bridgehead atoms. The molecule has 2 rings (SSSR count). The molecule has 2 amide bonds. The Hall–Kier alpha value is -2.11. The van der Waals surface area contributed by atoms with E-state index in [-0.39, 0.29) is 30.2 Å². The molecule has 21 heavy (non-hydrogen) atoms. The Kier molecular flexibility index (Phi) is 4.77. The number of rotatable bonds is 6. The molecule has 1 aromatic carbocycles. The molecule has 1 aliphatic rings. The maximum atomic E-state index is 12.8. The molecular formula is C15H19FN2O3. The van der Waals surface area contributed by atoms with Crippen molar-refractivity contribution >= 4 is 12.0 Å². The van der Waals surface area contributed by atoms with Crippen LogP contribution in [0.2, 0.25) is 0 Å². The largest absolute Gasteiger partial charge is 0.481 e. The van der Waals surface area contributed by atoms with Crippen LogP contribution in [0, 0.1) is 11.7 Å². The first kappa shape index (κ1) is 15.3. The van der Waals surface area contributed by atoms with Crippen LogP contribution in [-0.2, 0) is 11.3 Å². The lowest BCUT2D eigenvalue weighted by Crippen LogP contribution is -2.44. The van der Waals surface area contributed by atoms with Crippen molar-refractivity contribution in [1.29, 1.82) is 0 Å². The summed E-state index contributed by atoms with van der Waals surface area (Å²) in [6.07, 6.45) is 1.86. The number of carboxylic acids is 1. The van der Waals surface area contributed by atoms with Crippen molar-refractivity contribution in [3.63, 3.8) is 0 Å². The van der Waals surface area contributed by atoms with Gasteiger partial charge < -0.3 is 15.3 Å². The third kappa shape index (κ3) is 4.73. The van der Waals surface area contributed by atoms with Crippen LogP contribution in [0.15, 0.2) is 24.3 Å². The molecule has 0 spiro atoms. The normalized spacial score (nSPS) is 15.3. The van der Waals surface area contributed by atoms with Crippen molar-refractivity contribution in [2.24, 2.45) is 5.92 Å². The van der Waals surface area contributed by atoms with E-state index in [1.165, 1.54) is 17.0 Å². The molecule has 1 atom stereocenters. The predicted octanol–water partition coefficient (Wildman–Crippen LogP) is 2.22. The van der Waals surface area contributed by atoms with Crippen LogP contribution < -0.4 is 5.32 Å². The van der Waals surface area contributed by atoms with Gasteiger partial charge in [0.05, 0.1) is 6.42 Å². The van der Waals surface area contributed by atoms with Crippen molar-refractivity contribution in [3.05, 3.63) is 35.6 Å². The van der Waals surface area contributed by atoms with Gasteiger partial charge in [-0.05, 0) is 36.5 Å². The van der Waals surface area contributed by atoms with Gasteiger partial charge >= 0.3 is 12.0 Å². The smallest absolute Gasteiger partial charge is 0.317 e. The van der Waals surface area contributed by atoms with Crippen LogP contribution >= 0.6 is 0 Å². The maximum Gasteiger partial charge on any atom is 0.317 e. The van der Waals surface area contributed by atoms with Gasteiger partial charge in [0, 0.05) is 19.6 Å².